The third kappa shape index (κ3) is 2.86. The lowest BCUT2D eigenvalue weighted by Crippen LogP contribution is -2.32. The quantitative estimate of drug-likeness (QED) is 0.752. The fourth-order valence-electron chi connectivity index (χ4n) is 2.22. The van der Waals surface area contributed by atoms with Crippen molar-refractivity contribution in [1.29, 1.82) is 0 Å². The van der Waals surface area contributed by atoms with Crippen molar-refractivity contribution in [2.45, 2.75) is 31.9 Å². The minimum atomic E-state index is -0.504. The average molecular weight is 255 g/mol. The lowest BCUT2D eigenvalue weighted by atomic mass is 10.1. The zero-order chi connectivity index (χ0) is 12.4. The smallest absolute Gasteiger partial charge is 0.261 e. The van der Waals surface area contributed by atoms with Gasteiger partial charge in [0, 0.05) is 18.6 Å². The molecule has 4 nitrogen and oxygen atoms in total. The number of thiophene rings is 1. The number of aryl methyl sites for hydroxylation is 1. The molecule has 1 aromatic heterocycles. The van der Waals surface area contributed by atoms with Gasteiger partial charge in [0.25, 0.3) is 5.91 Å². The van der Waals surface area contributed by atoms with E-state index in [1.54, 1.807) is 0 Å². The van der Waals surface area contributed by atoms with Crippen molar-refractivity contribution in [3.8, 4) is 0 Å². The van der Waals surface area contributed by atoms with Gasteiger partial charge in [-0.1, -0.05) is 0 Å². The van der Waals surface area contributed by atoms with Crippen molar-refractivity contribution in [3.05, 3.63) is 21.9 Å². The maximum atomic E-state index is 11.9. The second kappa shape index (κ2) is 5.16. The standard InChI is InChI=1S/C12H17NO3S/c1-7-2-11(17-6-7)12(16)13-9-3-8(5-14)10(15)4-9/h2,6,8-10,14-15H,3-5H2,1H3,(H,13,16)/t8-,9-,10-/m0/s1. The molecule has 94 valence electrons. The van der Waals surface area contributed by atoms with E-state index in [0.29, 0.717) is 17.7 Å². The Kier molecular flexibility index (Phi) is 3.81. The molecule has 1 saturated carbocycles. The van der Waals surface area contributed by atoms with Crippen LogP contribution in [0.15, 0.2) is 11.4 Å². The van der Waals surface area contributed by atoms with Crippen LogP contribution in [-0.4, -0.2) is 34.9 Å². The van der Waals surface area contributed by atoms with E-state index < -0.39 is 6.10 Å². The molecule has 0 saturated heterocycles. The van der Waals surface area contributed by atoms with Crippen LogP contribution < -0.4 is 5.32 Å². The number of aliphatic hydroxyl groups is 2. The van der Waals surface area contributed by atoms with E-state index in [4.69, 9.17) is 5.11 Å². The number of amides is 1. The molecular formula is C12H17NO3S. The Hall–Kier alpha value is -0.910. The van der Waals surface area contributed by atoms with Crippen molar-refractivity contribution in [2.75, 3.05) is 6.61 Å². The van der Waals surface area contributed by atoms with Crippen LogP contribution in [0.25, 0.3) is 0 Å². The van der Waals surface area contributed by atoms with Crippen molar-refractivity contribution in [2.24, 2.45) is 5.92 Å². The van der Waals surface area contributed by atoms with E-state index in [1.807, 2.05) is 18.4 Å². The van der Waals surface area contributed by atoms with Crippen LogP contribution in [0.2, 0.25) is 0 Å². The van der Waals surface area contributed by atoms with Crippen LogP contribution in [-0.2, 0) is 0 Å². The zero-order valence-corrected chi connectivity index (χ0v) is 10.5. The second-order valence-corrected chi connectivity index (χ2v) is 5.55. The summed E-state index contributed by atoms with van der Waals surface area (Å²) in [6.45, 7) is 1.93. The summed E-state index contributed by atoms with van der Waals surface area (Å²) >= 11 is 1.42. The van der Waals surface area contributed by atoms with E-state index in [2.05, 4.69) is 5.32 Å². The fourth-order valence-corrected chi connectivity index (χ4v) is 3.02. The van der Waals surface area contributed by atoms with E-state index in [0.717, 1.165) is 5.56 Å². The Morgan fingerprint density at radius 2 is 2.35 bits per heavy atom. The third-order valence-electron chi connectivity index (χ3n) is 3.18. The fraction of sp³-hybridized carbons (Fsp3) is 0.583. The predicted molar refractivity (Wildman–Crippen MR) is 66.1 cm³/mol. The summed E-state index contributed by atoms with van der Waals surface area (Å²) in [7, 11) is 0. The Balaban J connectivity index is 1.92. The number of rotatable bonds is 3. The number of carbonyl (C=O) groups is 1. The summed E-state index contributed by atoms with van der Waals surface area (Å²) in [6.07, 6.45) is 0.671. The number of hydrogen-bond donors (Lipinski definition) is 3. The lowest BCUT2D eigenvalue weighted by molar-refractivity contribution is 0.0904. The van der Waals surface area contributed by atoms with E-state index >= 15 is 0 Å². The van der Waals surface area contributed by atoms with E-state index in [9.17, 15) is 9.90 Å². The van der Waals surface area contributed by atoms with Crippen molar-refractivity contribution < 1.29 is 15.0 Å². The Labute approximate surface area is 104 Å². The van der Waals surface area contributed by atoms with Crippen LogP contribution in [0.5, 0.6) is 0 Å². The lowest BCUT2D eigenvalue weighted by Gasteiger charge is -2.11. The van der Waals surface area contributed by atoms with Crippen LogP contribution in [0.3, 0.4) is 0 Å². The molecule has 2 rings (SSSR count). The first-order valence-corrected chi connectivity index (χ1v) is 6.63. The van der Waals surface area contributed by atoms with Crippen LogP contribution in [0.4, 0.5) is 0 Å². The van der Waals surface area contributed by atoms with Gasteiger partial charge in [0.2, 0.25) is 0 Å². The van der Waals surface area contributed by atoms with Crippen LogP contribution in [0, 0.1) is 12.8 Å². The van der Waals surface area contributed by atoms with Gasteiger partial charge in [-0.25, -0.2) is 0 Å². The Bertz CT molecular complexity index is 404. The molecule has 17 heavy (non-hydrogen) atoms. The molecule has 1 fully saturated rings. The molecule has 0 radical (unpaired) electrons. The zero-order valence-electron chi connectivity index (χ0n) is 9.72. The number of nitrogens with one attached hydrogen (secondary N) is 1. The summed E-state index contributed by atoms with van der Waals surface area (Å²) in [4.78, 5) is 12.6. The molecule has 3 N–H and O–H groups in total. The van der Waals surface area contributed by atoms with Gasteiger partial charge in [-0.05, 0) is 36.8 Å². The Morgan fingerprint density at radius 1 is 1.59 bits per heavy atom. The SMILES string of the molecule is Cc1csc(C(=O)N[C@H]2C[C@@H](CO)[C@@H](O)C2)c1. The normalized spacial score (nSPS) is 28.3. The largest absolute Gasteiger partial charge is 0.396 e. The summed E-state index contributed by atoms with van der Waals surface area (Å²) in [5.41, 5.74) is 1.08. The highest BCUT2D eigenvalue weighted by Gasteiger charge is 2.33. The molecule has 1 aromatic rings. The van der Waals surface area contributed by atoms with Crippen LogP contribution in [0.1, 0.15) is 28.1 Å². The predicted octanol–water partition coefficient (Wildman–Crippen LogP) is 0.918. The molecule has 1 amide bonds. The third-order valence-corrected chi connectivity index (χ3v) is 4.23. The monoisotopic (exact) mass is 255 g/mol. The van der Waals surface area contributed by atoms with Crippen LogP contribution >= 0.6 is 11.3 Å². The number of carbonyl (C=O) groups excluding carboxylic acids is 1. The minimum absolute atomic E-state index is 0.0222. The molecule has 0 spiro atoms. The van der Waals surface area contributed by atoms with Gasteiger partial charge in [-0.3, -0.25) is 4.79 Å². The van der Waals surface area contributed by atoms with E-state index in [-0.39, 0.29) is 24.5 Å². The second-order valence-electron chi connectivity index (χ2n) is 4.64. The highest BCUT2D eigenvalue weighted by atomic mass is 32.1. The van der Waals surface area contributed by atoms with E-state index in [1.165, 1.54) is 11.3 Å². The highest BCUT2D eigenvalue weighted by Crippen LogP contribution is 2.26. The summed E-state index contributed by atoms with van der Waals surface area (Å²) < 4.78 is 0. The average Bonchev–Trinajstić information content (AvgIpc) is 2.85. The maximum Gasteiger partial charge on any atom is 0.261 e. The topological polar surface area (TPSA) is 69.6 Å². The molecule has 0 aliphatic heterocycles. The molecule has 1 heterocycles. The van der Waals surface area contributed by atoms with Gasteiger partial charge in [-0.15, -0.1) is 11.3 Å². The van der Waals surface area contributed by atoms with Crippen molar-refractivity contribution in [3.63, 3.8) is 0 Å². The van der Waals surface area contributed by atoms with Gasteiger partial charge < -0.3 is 15.5 Å². The first-order valence-electron chi connectivity index (χ1n) is 5.75. The minimum Gasteiger partial charge on any atom is -0.396 e. The van der Waals surface area contributed by atoms with Gasteiger partial charge in [0.05, 0.1) is 11.0 Å². The molecule has 1 aliphatic carbocycles. The molecule has 0 unspecified atom stereocenters. The number of aliphatic hydroxyl groups excluding tert-OH is 2. The molecule has 0 aromatic carbocycles. The van der Waals surface area contributed by atoms with Crippen molar-refractivity contribution in [1.82, 2.24) is 5.32 Å². The highest BCUT2D eigenvalue weighted by molar-refractivity contribution is 7.12. The molecule has 0 bridgehead atoms. The first kappa shape index (κ1) is 12.5. The Morgan fingerprint density at radius 3 is 2.88 bits per heavy atom. The molecule has 3 atom stereocenters. The summed E-state index contributed by atoms with van der Waals surface area (Å²) in [5.74, 6) is -0.190. The van der Waals surface area contributed by atoms with Gasteiger partial charge >= 0.3 is 0 Å². The summed E-state index contributed by atoms with van der Waals surface area (Å²) in [6, 6.07) is 1.83. The molecule has 5 heteroatoms. The first-order chi connectivity index (χ1) is 8.10. The maximum absolute atomic E-state index is 11.9. The van der Waals surface area contributed by atoms with Gasteiger partial charge in [0.15, 0.2) is 0 Å². The number of hydrogen-bond acceptors (Lipinski definition) is 4. The molecular weight excluding hydrogens is 238 g/mol. The molecule has 1 aliphatic rings. The van der Waals surface area contributed by atoms with Gasteiger partial charge in [-0.2, -0.15) is 0 Å². The van der Waals surface area contributed by atoms with Gasteiger partial charge in [0.1, 0.15) is 0 Å². The summed E-state index contributed by atoms with van der Waals surface area (Å²) in [5, 5.41) is 23.5. The van der Waals surface area contributed by atoms with Crippen molar-refractivity contribution >= 4 is 17.2 Å².